The van der Waals surface area contributed by atoms with Crippen LogP contribution < -0.4 is 16.2 Å². The second-order valence-electron chi connectivity index (χ2n) is 8.18. The van der Waals surface area contributed by atoms with E-state index in [9.17, 15) is 14.4 Å². The van der Waals surface area contributed by atoms with Gasteiger partial charge in [0.15, 0.2) is 0 Å². The van der Waals surface area contributed by atoms with Crippen LogP contribution in [0, 0.1) is 0 Å². The summed E-state index contributed by atoms with van der Waals surface area (Å²) in [6.45, 7) is 5.74. The van der Waals surface area contributed by atoms with Gasteiger partial charge in [-0.05, 0) is 39.7 Å². The summed E-state index contributed by atoms with van der Waals surface area (Å²) in [7, 11) is 1.50. The van der Waals surface area contributed by atoms with E-state index in [4.69, 9.17) is 4.74 Å². The van der Waals surface area contributed by atoms with E-state index < -0.39 is 17.2 Å². The van der Waals surface area contributed by atoms with Crippen molar-refractivity contribution in [1.82, 2.24) is 20.4 Å². The zero-order valence-electron chi connectivity index (χ0n) is 16.6. The van der Waals surface area contributed by atoms with Crippen LogP contribution in [-0.2, 0) is 11.8 Å². The van der Waals surface area contributed by atoms with Crippen LogP contribution in [0.2, 0.25) is 0 Å². The highest BCUT2D eigenvalue weighted by Crippen LogP contribution is 2.27. The van der Waals surface area contributed by atoms with Crippen LogP contribution in [-0.4, -0.2) is 39.5 Å². The third-order valence-electron chi connectivity index (χ3n) is 4.61. The Morgan fingerprint density at radius 3 is 2.37 bits per heavy atom. The molecule has 2 rings (SSSR count). The summed E-state index contributed by atoms with van der Waals surface area (Å²) in [6, 6.07) is 2.71. The lowest BCUT2D eigenvalue weighted by molar-refractivity contribution is 0.0437. The van der Waals surface area contributed by atoms with Crippen LogP contribution in [0.15, 0.2) is 16.9 Å². The van der Waals surface area contributed by atoms with Crippen molar-refractivity contribution >= 4 is 12.0 Å². The lowest BCUT2D eigenvalue weighted by atomic mass is 9.90. The van der Waals surface area contributed by atoms with Gasteiger partial charge in [-0.2, -0.15) is 5.10 Å². The van der Waals surface area contributed by atoms with Gasteiger partial charge in [0.1, 0.15) is 11.3 Å². The molecule has 8 nitrogen and oxygen atoms in total. The molecule has 0 radical (unpaired) electrons. The first-order valence-corrected chi connectivity index (χ1v) is 9.44. The van der Waals surface area contributed by atoms with E-state index in [1.54, 1.807) is 0 Å². The Balaban J connectivity index is 2.09. The van der Waals surface area contributed by atoms with E-state index >= 15 is 0 Å². The van der Waals surface area contributed by atoms with E-state index in [0.717, 1.165) is 43.2 Å². The highest BCUT2D eigenvalue weighted by atomic mass is 16.6. The highest BCUT2D eigenvalue weighted by molar-refractivity contribution is 5.92. The molecule has 0 spiro atoms. The SMILES string of the molecule is Cn1nc(C(=O)NCC2(NC(=O)OC(C)(C)C)CCCCCC2)ccc1=O. The molecule has 27 heavy (non-hydrogen) atoms. The van der Waals surface area contributed by atoms with Crippen LogP contribution >= 0.6 is 0 Å². The van der Waals surface area contributed by atoms with Gasteiger partial charge in [0.05, 0.1) is 5.54 Å². The molecule has 1 aromatic rings. The lowest BCUT2D eigenvalue weighted by Crippen LogP contribution is -2.56. The first-order valence-electron chi connectivity index (χ1n) is 9.44. The number of ether oxygens (including phenoxy) is 1. The number of alkyl carbamates (subject to hydrolysis) is 1. The maximum Gasteiger partial charge on any atom is 0.408 e. The quantitative estimate of drug-likeness (QED) is 0.782. The Labute approximate surface area is 159 Å². The number of rotatable bonds is 4. The summed E-state index contributed by atoms with van der Waals surface area (Å²) >= 11 is 0. The third-order valence-corrected chi connectivity index (χ3v) is 4.61. The number of carbonyl (C=O) groups is 2. The molecule has 1 saturated carbocycles. The molecule has 2 amide bonds. The molecule has 0 saturated heterocycles. The number of nitrogens with one attached hydrogen (secondary N) is 2. The summed E-state index contributed by atoms with van der Waals surface area (Å²) in [5.41, 5.74) is -1.25. The lowest BCUT2D eigenvalue weighted by Gasteiger charge is -2.35. The standard InChI is InChI=1S/C19H30N4O4/c1-18(2,3)27-17(26)21-19(11-7-5-6-8-12-19)13-20-16(25)14-9-10-15(24)23(4)22-14/h9-10H,5-8,11-13H2,1-4H3,(H,20,25)(H,21,26). The van der Waals surface area contributed by atoms with Gasteiger partial charge < -0.3 is 15.4 Å². The van der Waals surface area contributed by atoms with Gasteiger partial charge >= 0.3 is 6.09 Å². The molecule has 8 heteroatoms. The van der Waals surface area contributed by atoms with Crippen molar-refractivity contribution in [3.05, 3.63) is 28.2 Å². The molecule has 0 aliphatic heterocycles. The van der Waals surface area contributed by atoms with E-state index in [1.807, 2.05) is 20.8 Å². The fourth-order valence-electron chi connectivity index (χ4n) is 3.23. The molecule has 1 aromatic heterocycles. The summed E-state index contributed by atoms with van der Waals surface area (Å²) in [4.78, 5) is 36.2. The molecule has 150 valence electrons. The first-order chi connectivity index (χ1) is 12.6. The molecule has 2 N–H and O–H groups in total. The van der Waals surface area contributed by atoms with E-state index in [2.05, 4.69) is 15.7 Å². The number of carbonyl (C=O) groups excluding carboxylic acids is 2. The van der Waals surface area contributed by atoms with Gasteiger partial charge in [-0.3, -0.25) is 9.59 Å². The summed E-state index contributed by atoms with van der Waals surface area (Å²) in [5, 5.41) is 9.84. The Bertz CT molecular complexity index is 728. The maximum absolute atomic E-state index is 12.5. The molecule has 1 aliphatic carbocycles. The van der Waals surface area contributed by atoms with Crippen molar-refractivity contribution in [3.63, 3.8) is 0 Å². The van der Waals surface area contributed by atoms with Crippen molar-refractivity contribution in [2.45, 2.75) is 70.4 Å². The fraction of sp³-hybridized carbons (Fsp3) is 0.684. The number of nitrogens with zero attached hydrogens (tertiary/aromatic N) is 2. The minimum absolute atomic E-state index is 0.165. The average Bonchev–Trinajstić information content (AvgIpc) is 2.79. The van der Waals surface area contributed by atoms with Crippen molar-refractivity contribution in [3.8, 4) is 0 Å². The average molecular weight is 378 g/mol. The maximum atomic E-state index is 12.5. The van der Waals surface area contributed by atoms with Crippen LogP contribution in [0.4, 0.5) is 4.79 Å². The van der Waals surface area contributed by atoms with Crippen molar-refractivity contribution in [2.24, 2.45) is 7.05 Å². The largest absolute Gasteiger partial charge is 0.444 e. The van der Waals surface area contributed by atoms with Crippen molar-refractivity contribution in [2.75, 3.05) is 6.54 Å². The Morgan fingerprint density at radius 2 is 1.81 bits per heavy atom. The highest BCUT2D eigenvalue weighted by Gasteiger charge is 2.34. The Hall–Kier alpha value is -2.38. The van der Waals surface area contributed by atoms with Crippen LogP contribution in [0.25, 0.3) is 0 Å². The van der Waals surface area contributed by atoms with Crippen LogP contribution in [0.5, 0.6) is 0 Å². The number of amides is 2. The predicted octanol–water partition coefficient (Wildman–Crippen LogP) is 2.13. The molecular weight excluding hydrogens is 348 g/mol. The normalized spacial score (nSPS) is 16.9. The molecule has 1 fully saturated rings. The minimum Gasteiger partial charge on any atom is -0.444 e. The topological polar surface area (TPSA) is 102 Å². The predicted molar refractivity (Wildman–Crippen MR) is 102 cm³/mol. The smallest absolute Gasteiger partial charge is 0.408 e. The van der Waals surface area contributed by atoms with Gasteiger partial charge in [0.2, 0.25) is 0 Å². The van der Waals surface area contributed by atoms with Crippen molar-refractivity contribution < 1.29 is 14.3 Å². The molecule has 0 atom stereocenters. The molecular formula is C19H30N4O4. The second kappa shape index (κ2) is 8.54. The number of hydrogen-bond donors (Lipinski definition) is 2. The van der Waals surface area contributed by atoms with Gasteiger partial charge in [0.25, 0.3) is 11.5 Å². The van der Waals surface area contributed by atoms with Gasteiger partial charge in [-0.25, -0.2) is 9.48 Å². The van der Waals surface area contributed by atoms with Crippen molar-refractivity contribution in [1.29, 1.82) is 0 Å². The second-order valence-corrected chi connectivity index (χ2v) is 8.18. The molecule has 0 aromatic carbocycles. The Morgan fingerprint density at radius 1 is 1.19 bits per heavy atom. The monoisotopic (exact) mass is 378 g/mol. The zero-order valence-corrected chi connectivity index (χ0v) is 16.6. The number of hydrogen-bond acceptors (Lipinski definition) is 5. The molecule has 1 heterocycles. The van der Waals surface area contributed by atoms with E-state index in [0.29, 0.717) is 0 Å². The number of aryl methyl sites for hydroxylation is 1. The van der Waals surface area contributed by atoms with Crippen LogP contribution in [0.3, 0.4) is 0 Å². The van der Waals surface area contributed by atoms with Gasteiger partial charge in [0, 0.05) is 19.7 Å². The molecule has 1 aliphatic rings. The summed E-state index contributed by atoms with van der Waals surface area (Å²) < 4.78 is 6.53. The van der Waals surface area contributed by atoms with E-state index in [-0.39, 0.29) is 23.7 Å². The summed E-state index contributed by atoms with van der Waals surface area (Å²) in [5.74, 6) is -0.375. The molecule has 0 bridgehead atoms. The van der Waals surface area contributed by atoms with Crippen LogP contribution in [0.1, 0.15) is 69.8 Å². The fourth-order valence-corrected chi connectivity index (χ4v) is 3.23. The Kier molecular flexibility index (Phi) is 6.62. The third kappa shape index (κ3) is 6.37. The van der Waals surface area contributed by atoms with Gasteiger partial charge in [-0.15, -0.1) is 0 Å². The molecule has 0 unspecified atom stereocenters. The first kappa shape index (κ1) is 20.9. The van der Waals surface area contributed by atoms with Gasteiger partial charge in [-0.1, -0.05) is 25.7 Å². The van der Waals surface area contributed by atoms with E-state index in [1.165, 1.54) is 19.2 Å². The zero-order chi connectivity index (χ0) is 20.1. The minimum atomic E-state index is -0.585. The number of aromatic nitrogens is 2. The summed E-state index contributed by atoms with van der Waals surface area (Å²) in [6.07, 6.45) is 5.23.